The molecule has 0 unspecified atom stereocenters. The van der Waals surface area contributed by atoms with Gasteiger partial charge in [-0.1, -0.05) is 0 Å². The number of nitrogens with one attached hydrogen (secondary N) is 1. The first-order valence-electron chi connectivity index (χ1n) is 4.78. The predicted molar refractivity (Wildman–Crippen MR) is 62.0 cm³/mol. The molecule has 5 heteroatoms. The van der Waals surface area contributed by atoms with Gasteiger partial charge in [0.2, 0.25) is 5.12 Å². The summed E-state index contributed by atoms with van der Waals surface area (Å²) >= 11 is 1.09. The molecule has 0 aromatic heterocycles. The van der Waals surface area contributed by atoms with Crippen LogP contribution in [0.3, 0.4) is 0 Å². The van der Waals surface area contributed by atoms with Crippen molar-refractivity contribution in [3.05, 3.63) is 23.8 Å². The zero-order valence-electron chi connectivity index (χ0n) is 8.90. The average molecular weight is 237 g/mol. The minimum Gasteiger partial charge on any atom is -0.478 e. The van der Waals surface area contributed by atoms with Crippen molar-refractivity contribution in [1.82, 2.24) is 0 Å². The first-order valence-corrected chi connectivity index (χ1v) is 5.59. The predicted octanol–water partition coefficient (Wildman–Crippen LogP) is 2.21. The van der Waals surface area contributed by atoms with Crippen LogP contribution in [0.2, 0.25) is 0 Å². The summed E-state index contributed by atoms with van der Waals surface area (Å²) < 4.78 is 0. The van der Waals surface area contributed by atoms with Gasteiger partial charge in [0.25, 0.3) is 0 Å². The normalized spacial score (nSPS) is 17.5. The van der Waals surface area contributed by atoms with Crippen LogP contribution in [-0.4, -0.2) is 21.7 Å². The third kappa shape index (κ3) is 1.78. The van der Waals surface area contributed by atoms with Gasteiger partial charge in [-0.25, -0.2) is 4.79 Å². The minimum atomic E-state index is -0.985. The van der Waals surface area contributed by atoms with E-state index < -0.39 is 11.5 Å². The molecule has 1 aliphatic rings. The first kappa shape index (κ1) is 11.0. The van der Waals surface area contributed by atoms with E-state index in [-0.39, 0.29) is 10.7 Å². The lowest BCUT2D eigenvalue weighted by atomic mass is 10.1. The highest BCUT2D eigenvalue weighted by Crippen LogP contribution is 2.38. The lowest BCUT2D eigenvalue weighted by molar-refractivity contribution is -0.114. The highest BCUT2D eigenvalue weighted by atomic mass is 32.2. The van der Waals surface area contributed by atoms with Gasteiger partial charge in [-0.2, -0.15) is 0 Å². The van der Waals surface area contributed by atoms with Gasteiger partial charge in [-0.3, -0.25) is 4.79 Å². The Morgan fingerprint density at radius 1 is 1.44 bits per heavy atom. The molecular formula is C11H11NO3S. The Balaban J connectivity index is 2.44. The molecule has 1 aromatic carbocycles. The summed E-state index contributed by atoms with van der Waals surface area (Å²) in [6, 6.07) is 4.74. The summed E-state index contributed by atoms with van der Waals surface area (Å²) in [5.74, 6) is -0.985. The van der Waals surface area contributed by atoms with Gasteiger partial charge in [0.1, 0.15) is 5.54 Å². The van der Waals surface area contributed by atoms with E-state index in [1.165, 1.54) is 12.1 Å². The molecule has 1 aromatic rings. The van der Waals surface area contributed by atoms with Crippen LogP contribution in [-0.2, 0) is 4.79 Å². The monoisotopic (exact) mass is 237 g/mol. The van der Waals surface area contributed by atoms with Gasteiger partial charge in [0.15, 0.2) is 0 Å². The molecule has 2 N–H and O–H groups in total. The molecule has 1 aliphatic heterocycles. The van der Waals surface area contributed by atoms with Gasteiger partial charge < -0.3 is 10.4 Å². The van der Waals surface area contributed by atoms with Gasteiger partial charge in [0.05, 0.1) is 5.56 Å². The summed E-state index contributed by atoms with van der Waals surface area (Å²) in [6.45, 7) is 3.60. The number of benzene rings is 1. The second-order valence-corrected chi connectivity index (χ2v) is 5.17. The Kier molecular flexibility index (Phi) is 2.42. The molecule has 0 atom stereocenters. The summed E-state index contributed by atoms with van der Waals surface area (Å²) in [7, 11) is 0. The zero-order chi connectivity index (χ0) is 11.9. The highest BCUT2D eigenvalue weighted by Gasteiger charge is 2.33. The maximum Gasteiger partial charge on any atom is 0.335 e. The van der Waals surface area contributed by atoms with E-state index in [2.05, 4.69) is 5.32 Å². The highest BCUT2D eigenvalue weighted by molar-refractivity contribution is 8.14. The fourth-order valence-corrected chi connectivity index (χ4v) is 2.38. The molecule has 0 saturated carbocycles. The van der Waals surface area contributed by atoms with Gasteiger partial charge in [0, 0.05) is 10.6 Å². The van der Waals surface area contributed by atoms with Crippen LogP contribution < -0.4 is 5.32 Å². The lowest BCUT2D eigenvalue weighted by Crippen LogP contribution is -2.40. The number of carbonyl (C=O) groups is 2. The van der Waals surface area contributed by atoms with Crippen LogP contribution in [0.25, 0.3) is 0 Å². The summed E-state index contributed by atoms with van der Waals surface area (Å²) in [4.78, 5) is 23.2. The number of fused-ring (bicyclic) bond motifs is 1. The number of thioether (sulfide) groups is 1. The summed E-state index contributed by atoms with van der Waals surface area (Å²) in [5, 5.41) is 11.9. The van der Waals surface area contributed by atoms with Crippen molar-refractivity contribution in [2.75, 3.05) is 5.32 Å². The zero-order valence-corrected chi connectivity index (χ0v) is 9.72. The van der Waals surface area contributed by atoms with Crippen molar-refractivity contribution in [1.29, 1.82) is 0 Å². The number of hydrogen-bond donors (Lipinski definition) is 2. The molecule has 0 saturated heterocycles. The molecule has 0 radical (unpaired) electrons. The minimum absolute atomic E-state index is 0.0115. The van der Waals surface area contributed by atoms with E-state index in [1.54, 1.807) is 19.9 Å². The van der Waals surface area contributed by atoms with Crippen molar-refractivity contribution in [2.45, 2.75) is 24.3 Å². The number of aromatic carboxylic acids is 1. The molecule has 16 heavy (non-hydrogen) atoms. The van der Waals surface area contributed by atoms with Crippen molar-refractivity contribution in [3.63, 3.8) is 0 Å². The number of anilines is 1. The van der Waals surface area contributed by atoms with E-state index in [1.807, 2.05) is 0 Å². The largest absolute Gasteiger partial charge is 0.478 e. The third-order valence-electron chi connectivity index (χ3n) is 2.39. The fourth-order valence-electron chi connectivity index (χ4n) is 1.46. The molecule has 0 aliphatic carbocycles. The van der Waals surface area contributed by atoms with Crippen LogP contribution in [0, 0.1) is 0 Å². The molecule has 0 spiro atoms. The van der Waals surface area contributed by atoms with Crippen molar-refractivity contribution >= 4 is 28.5 Å². The third-order valence-corrected chi connectivity index (χ3v) is 3.64. The van der Waals surface area contributed by atoms with Crippen LogP contribution >= 0.6 is 11.8 Å². The van der Waals surface area contributed by atoms with Crippen LogP contribution in [0.1, 0.15) is 24.2 Å². The van der Waals surface area contributed by atoms with E-state index in [9.17, 15) is 9.59 Å². The van der Waals surface area contributed by atoms with E-state index in [0.29, 0.717) is 4.90 Å². The Morgan fingerprint density at radius 2 is 2.12 bits per heavy atom. The molecule has 84 valence electrons. The molecule has 0 amide bonds. The standard InChI is InChI=1S/C11H11NO3S/c1-11(2)10(15)16-8-5-6(9(13)14)3-4-7(8)12-11/h3-5,12H,1-2H3,(H,13,14). The van der Waals surface area contributed by atoms with Crippen LogP contribution in [0.5, 0.6) is 0 Å². The van der Waals surface area contributed by atoms with E-state index in [4.69, 9.17) is 5.11 Å². The quantitative estimate of drug-likeness (QED) is 0.783. The Bertz CT molecular complexity index is 482. The molecule has 2 rings (SSSR count). The van der Waals surface area contributed by atoms with E-state index >= 15 is 0 Å². The summed E-state index contributed by atoms with van der Waals surface area (Å²) in [5.41, 5.74) is 0.391. The van der Waals surface area contributed by atoms with Crippen LogP contribution in [0.4, 0.5) is 5.69 Å². The number of carboxylic acids is 1. The molecule has 0 fully saturated rings. The molecule has 0 bridgehead atoms. The van der Waals surface area contributed by atoms with E-state index in [0.717, 1.165) is 17.4 Å². The summed E-state index contributed by atoms with van der Waals surface area (Å²) in [6.07, 6.45) is 0. The molecule has 1 heterocycles. The number of rotatable bonds is 1. The fraction of sp³-hybridized carbons (Fsp3) is 0.273. The van der Waals surface area contributed by atoms with Crippen molar-refractivity contribution in [2.24, 2.45) is 0 Å². The van der Waals surface area contributed by atoms with Gasteiger partial charge in [-0.05, 0) is 43.8 Å². The second kappa shape index (κ2) is 3.52. The second-order valence-electron chi connectivity index (χ2n) is 4.16. The Hall–Kier alpha value is -1.49. The number of hydrogen-bond acceptors (Lipinski definition) is 4. The topological polar surface area (TPSA) is 66.4 Å². The average Bonchev–Trinajstić information content (AvgIpc) is 2.18. The maximum atomic E-state index is 11.7. The number of carbonyl (C=O) groups excluding carboxylic acids is 1. The Labute approximate surface area is 97.0 Å². The molecule has 4 nitrogen and oxygen atoms in total. The SMILES string of the molecule is CC1(C)Nc2ccc(C(=O)O)cc2SC1=O. The van der Waals surface area contributed by atoms with Crippen molar-refractivity contribution < 1.29 is 14.7 Å². The maximum absolute atomic E-state index is 11.7. The lowest BCUT2D eigenvalue weighted by Gasteiger charge is -2.31. The Morgan fingerprint density at radius 3 is 2.75 bits per heavy atom. The molecular weight excluding hydrogens is 226 g/mol. The first-order chi connectivity index (χ1) is 7.40. The van der Waals surface area contributed by atoms with Crippen molar-refractivity contribution in [3.8, 4) is 0 Å². The number of carboxylic acid groups (broad SMARTS) is 1. The van der Waals surface area contributed by atoms with Gasteiger partial charge >= 0.3 is 5.97 Å². The van der Waals surface area contributed by atoms with Gasteiger partial charge in [-0.15, -0.1) is 0 Å². The smallest absolute Gasteiger partial charge is 0.335 e. The van der Waals surface area contributed by atoms with Crippen LogP contribution in [0.15, 0.2) is 23.1 Å².